The Morgan fingerprint density at radius 2 is 2.07 bits per heavy atom. The summed E-state index contributed by atoms with van der Waals surface area (Å²) < 4.78 is 0.768. The van der Waals surface area contributed by atoms with Crippen LogP contribution in [0.2, 0.25) is 10.0 Å². The van der Waals surface area contributed by atoms with Gasteiger partial charge < -0.3 is 5.32 Å². The molecule has 0 spiro atoms. The van der Waals surface area contributed by atoms with Crippen molar-refractivity contribution in [3.63, 3.8) is 0 Å². The molecule has 0 aliphatic rings. The molecular formula is C19H15Cl2N3O3S2. The molecule has 3 aromatic rings. The van der Waals surface area contributed by atoms with Crippen LogP contribution < -0.4 is 5.32 Å². The first-order valence-corrected chi connectivity index (χ1v) is 10.9. The van der Waals surface area contributed by atoms with Gasteiger partial charge in [0, 0.05) is 39.2 Å². The summed E-state index contributed by atoms with van der Waals surface area (Å²) in [5, 5.41) is 14.8. The second kappa shape index (κ2) is 9.58. The summed E-state index contributed by atoms with van der Waals surface area (Å²) in [5.41, 5.74) is 2.12. The van der Waals surface area contributed by atoms with Crippen LogP contribution in [0.1, 0.15) is 16.1 Å². The Kier molecular flexibility index (Phi) is 7.13. The molecule has 0 aliphatic carbocycles. The van der Waals surface area contributed by atoms with Crippen molar-refractivity contribution in [2.45, 2.75) is 17.7 Å². The summed E-state index contributed by atoms with van der Waals surface area (Å²) in [7, 11) is 0. The van der Waals surface area contributed by atoms with Gasteiger partial charge in [-0.2, -0.15) is 0 Å². The van der Waals surface area contributed by atoms with Crippen molar-refractivity contribution in [1.29, 1.82) is 0 Å². The van der Waals surface area contributed by atoms with Crippen LogP contribution in [0.15, 0.2) is 46.8 Å². The Morgan fingerprint density at radius 3 is 2.83 bits per heavy atom. The van der Waals surface area contributed by atoms with Crippen LogP contribution in [-0.4, -0.2) is 21.6 Å². The standard InChI is InChI=1S/C19H15Cl2N3O3S2/c1-11-17(8-12-7-13(20)5-6-16(12)21)29-19(22-11)28-10-18(25)23-14-3-2-4-15(9-14)24(26)27/h2-7,9H,8,10H2,1H3,(H,23,25). The number of carbonyl (C=O) groups excluding carboxylic acids is 1. The van der Waals surface area contributed by atoms with Gasteiger partial charge in [-0.1, -0.05) is 41.0 Å². The zero-order valence-electron chi connectivity index (χ0n) is 15.1. The molecule has 150 valence electrons. The highest BCUT2D eigenvalue weighted by atomic mass is 35.5. The minimum Gasteiger partial charge on any atom is -0.325 e. The number of non-ortho nitro benzene ring substituents is 1. The Labute approximate surface area is 185 Å². The van der Waals surface area contributed by atoms with Gasteiger partial charge in [-0.05, 0) is 36.8 Å². The van der Waals surface area contributed by atoms with E-state index in [0.717, 1.165) is 20.5 Å². The smallest absolute Gasteiger partial charge is 0.271 e. The van der Waals surface area contributed by atoms with E-state index >= 15 is 0 Å². The number of thiazole rings is 1. The summed E-state index contributed by atoms with van der Waals surface area (Å²) in [4.78, 5) is 28.1. The van der Waals surface area contributed by atoms with E-state index in [0.29, 0.717) is 22.2 Å². The molecule has 2 aromatic carbocycles. The number of thioether (sulfide) groups is 1. The SMILES string of the molecule is Cc1nc(SCC(=O)Nc2cccc([N+](=O)[O-])c2)sc1Cc1cc(Cl)ccc1Cl. The fourth-order valence-corrected chi connectivity index (χ4v) is 4.94. The molecule has 0 atom stereocenters. The molecule has 0 aliphatic heterocycles. The van der Waals surface area contributed by atoms with E-state index in [-0.39, 0.29) is 17.3 Å². The third-order valence-corrected chi connectivity index (χ3v) is 6.80. The summed E-state index contributed by atoms with van der Waals surface area (Å²) in [5.74, 6) is -0.115. The highest BCUT2D eigenvalue weighted by Crippen LogP contribution is 2.31. The summed E-state index contributed by atoms with van der Waals surface area (Å²) >= 11 is 15.1. The van der Waals surface area contributed by atoms with Gasteiger partial charge in [0.15, 0.2) is 4.34 Å². The van der Waals surface area contributed by atoms with Crippen molar-refractivity contribution in [3.8, 4) is 0 Å². The molecular weight excluding hydrogens is 453 g/mol. The number of nitro groups is 1. The van der Waals surface area contributed by atoms with Crippen molar-refractivity contribution in [1.82, 2.24) is 4.98 Å². The maximum Gasteiger partial charge on any atom is 0.271 e. The third-order valence-electron chi connectivity index (χ3n) is 3.90. The van der Waals surface area contributed by atoms with E-state index in [4.69, 9.17) is 23.2 Å². The van der Waals surface area contributed by atoms with Crippen LogP contribution in [-0.2, 0) is 11.2 Å². The number of nitrogens with zero attached hydrogens (tertiary/aromatic N) is 2. The number of amides is 1. The van der Waals surface area contributed by atoms with Crippen LogP contribution >= 0.6 is 46.3 Å². The van der Waals surface area contributed by atoms with E-state index < -0.39 is 4.92 Å². The molecule has 1 N–H and O–H groups in total. The van der Waals surface area contributed by atoms with Crippen LogP contribution in [0.25, 0.3) is 0 Å². The van der Waals surface area contributed by atoms with Crippen molar-refractivity contribution in [2.75, 3.05) is 11.1 Å². The summed E-state index contributed by atoms with van der Waals surface area (Å²) in [6, 6.07) is 11.2. The number of nitro benzene ring substituents is 1. The largest absolute Gasteiger partial charge is 0.325 e. The molecule has 0 unspecified atom stereocenters. The number of hydrogen-bond donors (Lipinski definition) is 1. The van der Waals surface area contributed by atoms with E-state index in [9.17, 15) is 14.9 Å². The summed E-state index contributed by atoms with van der Waals surface area (Å²) in [6.45, 7) is 1.91. The second-order valence-corrected chi connectivity index (χ2v) is 9.19. The average Bonchev–Trinajstić information content (AvgIpc) is 3.03. The molecule has 0 bridgehead atoms. The Balaban J connectivity index is 1.61. The average molecular weight is 468 g/mol. The first-order valence-electron chi connectivity index (χ1n) is 8.39. The van der Waals surface area contributed by atoms with E-state index in [1.807, 2.05) is 13.0 Å². The highest BCUT2D eigenvalue weighted by molar-refractivity contribution is 8.01. The fourth-order valence-electron chi connectivity index (χ4n) is 2.50. The first kappa shape index (κ1) is 21.6. The van der Waals surface area contributed by atoms with Crippen molar-refractivity contribution >= 4 is 63.6 Å². The summed E-state index contributed by atoms with van der Waals surface area (Å²) in [6.07, 6.45) is 0.614. The Hall–Kier alpha value is -2.13. The predicted molar refractivity (Wildman–Crippen MR) is 119 cm³/mol. The van der Waals surface area contributed by atoms with E-state index in [2.05, 4.69) is 10.3 Å². The molecule has 0 saturated heterocycles. The van der Waals surface area contributed by atoms with Crippen LogP contribution in [0.4, 0.5) is 11.4 Å². The van der Waals surface area contributed by atoms with Crippen LogP contribution in [0.5, 0.6) is 0 Å². The lowest BCUT2D eigenvalue weighted by Crippen LogP contribution is -2.14. The molecule has 1 heterocycles. The minimum atomic E-state index is -0.504. The number of aromatic nitrogens is 1. The molecule has 3 rings (SSSR count). The van der Waals surface area contributed by atoms with Gasteiger partial charge in [-0.15, -0.1) is 11.3 Å². The van der Waals surface area contributed by atoms with Gasteiger partial charge >= 0.3 is 0 Å². The lowest BCUT2D eigenvalue weighted by Gasteiger charge is -2.04. The lowest BCUT2D eigenvalue weighted by molar-refractivity contribution is -0.384. The number of carbonyl (C=O) groups is 1. The van der Waals surface area contributed by atoms with E-state index in [1.165, 1.54) is 41.3 Å². The Morgan fingerprint density at radius 1 is 1.28 bits per heavy atom. The number of benzene rings is 2. The van der Waals surface area contributed by atoms with Gasteiger partial charge in [0.2, 0.25) is 5.91 Å². The highest BCUT2D eigenvalue weighted by Gasteiger charge is 2.13. The lowest BCUT2D eigenvalue weighted by atomic mass is 10.1. The fraction of sp³-hybridized carbons (Fsp3) is 0.158. The molecule has 0 radical (unpaired) electrons. The van der Waals surface area contributed by atoms with Crippen molar-refractivity contribution < 1.29 is 9.72 Å². The number of anilines is 1. The predicted octanol–water partition coefficient (Wildman–Crippen LogP) is 5.99. The number of hydrogen-bond acceptors (Lipinski definition) is 6. The quantitative estimate of drug-likeness (QED) is 0.262. The van der Waals surface area contributed by atoms with Gasteiger partial charge in [0.25, 0.3) is 5.69 Å². The van der Waals surface area contributed by atoms with Gasteiger partial charge in [0.1, 0.15) is 0 Å². The molecule has 1 aromatic heterocycles. The van der Waals surface area contributed by atoms with Crippen LogP contribution in [0.3, 0.4) is 0 Å². The number of nitrogens with one attached hydrogen (secondary N) is 1. The maximum atomic E-state index is 12.2. The Bertz CT molecular complexity index is 1070. The molecule has 6 nitrogen and oxygen atoms in total. The second-order valence-electron chi connectivity index (χ2n) is 6.05. The third kappa shape index (κ3) is 5.93. The van der Waals surface area contributed by atoms with Crippen molar-refractivity contribution in [3.05, 3.63) is 78.8 Å². The van der Waals surface area contributed by atoms with Crippen LogP contribution in [0, 0.1) is 17.0 Å². The zero-order chi connectivity index (χ0) is 21.0. The normalized spacial score (nSPS) is 10.7. The molecule has 0 saturated carbocycles. The molecule has 29 heavy (non-hydrogen) atoms. The number of halogens is 2. The van der Waals surface area contributed by atoms with Gasteiger partial charge in [-0.3, -0.25) is 14.9 Å². The van der Waals surface area contributed by atoms with E-state index in [1.54, 1.807) is 18.2 Å². The maximum absolute atomic E-state index is 12.2. The first-order chi connectivity index (χ1) is 13.8. The zero-order valence-corrected chi connectivity index (χ0v) is 18.3. The molecule has 1 amide bonds. The van der Waals surface area contributed by atoms with Gasteiger partial charge in [-0.25, -0.2) is 4.98 Å². The minimum absolute atomic E-state index is 0.0738. The molecule has 0 fully saturated rings. The number of rotatable bonds is 7. The topological polar surface area (TPSA) is 85.1 Å². The molecule has 10 heteroatoms. The van der Waals surface area contributed by atoms with Crippen molar-refractivity contribution in [2.24, 2.45) is 0 Å². The number of aryl methyl sites for hydroxylation is 1. The monoisotopic (exact) mass is 467 g/mol. The van der Waals surface area contributed by atoms with Gasteiger partial charge in [0.05, 0.1) is 16.4 Å².